The monoisotopic (exact) mass is 257 g/mol. The molecule has 1 aromatic rings. The molecule has 0 unspecified atom stereocenters. The second kappa shape index (κ2) is 5.80. The van der Waals surface area contributed by atoms with Gasteiger partial charge in [-0.25, -0.2) is 10.2 Å². The lowest BCUT2D eigenvalue weighted by molar-refractivity contribution is -0.384. The van der Waals surface area contributed by atoms with Gasteiger partial charge in [0.25, 0.3) is 5.69 Å². The highest BCUT2D eigenvalue weighted by atomic mass is 35.5. The number of carbonyl (C=O) groups excluding carboxylic acids is 1. The Labute approximate surface area is 101 Å². The smallest absolute Gasteiger partial charge is 0.427 e. The van der Waals surface area contributed by atoms with Crippen LogP contribution in [0, 0.1) is 10.1 Å². The number of nitro groups is 1. The number of methoxy groups -OCH3 is 1. The zero-order valence-electron chi connectivity index (χ0n) is 8.71. The van der Waals surface area contributed by atoms with Crippen LogP contribution in [0.5, 0.6) is 0 Å². The molecule has 17 heavy (non-hydrogen) atoms. The second-order valence-corrected chi connectivity index (χ2v) is 3.24. The van der Waals surface area contributed by atoms with Crippen molar-refractivity contribution in [2.75, 3.05) is 7.11 Å². The van der Waals surface area contributed by atoms with Gasteiger partial charge in [0, 0.05) is 6.07 Å². The molecule has 0 saturated heterocycles. The highest BCUT2D eigenvalue weighted by Gasteiger charge is 2.11. The number of ether oxygens (including phenoxy) is 1. The number of nitrogens with zero attached hydrogens (tertiary/aromatic N) is 2. The third-order valence-electron chi connectivity index (χ3n) is 1.72. The lowest BCUT2D eigenvalue weighted by Gasteiger charge is -1.97. The summed E-state index contributed by atoms with van der Waals surface area (Å²) in [7, 11) is 1.20. The molecule has 1 N–H and O–H groups in total. The van der Waals surface area contributed by atoms with E-state index in [1.54, 1.807) is 0 Å². The largest absolute Gasteiger partial charge is 0.452 e. The number of carbonyl (C=O) groups is 1. The molecule has 0 heterocycles. The van der Waals surface area contributed by atoms with Crippen LogP contribution >= 0.6 is 11.6 Å². The zero-order chi connectivity index (χ0) is 12.8. The first-order valence-corrected chi connectivity index (χ1v) is 4.73. The Kier molecular flexibility index (Phi) is 4.41. The summed E-state index contributed by atoms with van der Waals surface area (Å²) in [6, 6.07) is 4.07. The van der Waals surface area contributed by atoms with Crippen molar-refractivity contribution in [3.8, 4) is 0 Å². The van der Waals surface area contributed by atoms with Crippen LogP contribution in [-0.2, 0) is 4.74 Å². The van der Waals surface area contributed by atoms with Gasteiger partial charge in [-0.05, 0) is 17.7 Å². The van der Waals surface area contributed by atoms with Gasteiger partial charge in [0.05, 0.1) is 18.2 Å². The minimum absolute atomic E-state index is 0.00276. The molecule has 0 aromatic heterocycles. The van der Waals surface area contributed by atoms with Crippen molar-refractivity contribution < 1.29 is 14.5 Å². The molecular formula is C9H8ClN3O4. The van der Waals surface area contributed by atoms with Gasteiger partial charge >= 0.3 is 6.09 Å². The number of hydrogen-bond acceptors (Lipinski definition) is 5. The normalized spacial score (nSPS) is 10.2. The van der Waals surface area contributed by atoms with Crippen molar-refractivity contribution in [2.24, 2.45) is 5.10 Å². The molecule has 0 bridgehead atoms. The molecule has 1 aromatic carbocycles. The van der Waals surface area contributed by atoms with E-state index in [1.165, 1.54) is 31.5 Å². The number of nitro benzene ring substituents is 1. The molecule has 0 saturated carbocycles. The van der Waals surface area contributed by atoms with E-state index in [9.17, 15) is 14.9 Å². The van der Waals surface area contributed by atoms with Gasteiger partial charge in [-0.15, -0.1) is 0 Å². The predicted molar refractivity (Wildman–Crippen MR) is 61.2 cm³/mol. The van der Waals surface area contributed by atoms with Gasteiger partial charge < -0.3 is 4.74 Å². The van der Waals surface area contributed by atoms with Crippen molar-refractivity contribution in [3.63, 3.8) is 0 Å². The van der Waals surface area contributed by atoms with Gasteiger partial charge in [-0.3, -0.25) is 10.1 Å². The van der Waals surface area contributed by atoms with Crippen LogP contribution in [0.3, 0.4) is 0 Å². The Bertz CT molecular complexity index is 475. The van der Waals surface area contributed by atoms with E-state index >= 15 is 0 Å². The van der Waals surface area contributed by atoms with Gasteiger partial charge in [0.15, 0.2) is 0 Å². The van der Waals surface area contributed by atoms with Gasteiger partial charge in [0.1, 0.15) is 5.02 Å². The summed E-state index contributed by atoms with van der Waals surface area (Å²) in [5.41, 5.74) is 2.39. The maximum Gasteiger partial charge on any atom is 0.427 e. The Balaban J connectivity index is 2.77. The van der Waals surface area contributed by atoms with Crippen LogP contribution in [0.2, 0.25) is 5.02 Å². The second-order valence-electron chi connectivity index (χ2n) is 2.83. The van der Waals surface area contributed by atoms with Crippen molar-refractivity contribution in [1.82, 2.24) is 5.43 Å². The van der Waals surface area contributed by atoms with E-state index in [0.717, 1.165) is 0 Å². The van der Waals surface area contributed by atoms with E-state index in [-0.39, 0.29) is 10.7 Å². The summed E-state index contributed by atoms with van der Waals surface area (Å²) in [5, 5.41) is 14.0. The third kappa shape index (κ3) is 3.72. The van der Waals surface area contributed by atoms with Gasteiger partial charge in [-0.1, -0.05) is 11.6 Å². The average molecular weight is 258 g/mol. The highest BCUT2D eigenvalue weighted by molar-refractivity contribution is 6.32. The summed E-state index contributed by atoms with van der Waals surface area (Å²) < 4.78 is 4.28. The number of hydrazone groups is 1. The fourth-order valence-electron chi connectivity index (χ4n) is 0.957. The quantitative estimate of drug-likeness (QED) is 0.509. The number of halogens is 1. The number of nitrogens with one attached hydrogen (secondary N) is 1. The molecule has 0 spiro atoms. The van der Waals surface area contributed by atoms with E-state index in [0.29, 0.717) is 5.56 Å². The topological polar surface area (TPSA) is 93.8 Å². The third-order valence-corrected chi connectivity index (χ3v) is 2.03. The summed E-state index contributed by atoms with van der Waals surface area (Å²) >= 11 is 5.68. The van der Waals surface area contributed by atoms with Crippen molar-refractivity contribution in [1.29, 1.82) is 0 Å². The van der Waals surface area contributed by atoms with E-state index in [1.807, 2.05) is 0 Å². The number of amides is 1. The number of hydrogen-bond donors (Lipinski definition) is 1. The summed E-state index contributed by atoms with van der Waals surface area (Å²) in [6.45, 7) is 0. The molecule has 90 valence electrons. The first-order chi connectivity index (χ1) is 8.04. The van der Waals surface area contributed by atoms with Crippen LogP contribution in [0.1, 0.15) is 5.56 Å². The van der Waals surface area contributed by atoms with Crippen LogP contribution in [0.15, 0.2) is 23.3 Å². The minimum Gasteiger partial charge on any atom is -0.452 e. The Morgan fingerprint density at radius 1 is 1.65 bits per heavy atom. The standard InChI is InChI=1S/C9H8ClN3O4/c1-17-9(14)12-11-5-6-2-3-8(13(15)16)7(10)4-6/h2-5H,1H3,(H,12,14)/b11-5+. The molecule has 1 rings (SSSR count). The molecule has 0 atom stereocenters. The molecule has 1 amide bonds. The number of rotatable bonds is 3. The molecule has 0 aliphatic heterocycles. The molecule has 7 nitrogen and oxygen atoms in total. The Hall–Kier alpha value is -2.15. The Morgan fingerprint density at radius 2 is 2.35 bits per heavy atom. The first-order valence-electron chi connectivity index (χ1n) is 4.35. The lowest BCUT2D eigenvalue weighted by atomic mass is 10.2. The molecule has 0 radical (unpaired) electrons. The Morgan fingerprint density at radius 3 is 2.88 bits per heavy atom. The fourth-order valence-corrected chi connectivity index (χ4v) is 1.21. The summed E-state index contributed by atoms with van der Waals surface area (Å²) in [5.74, 6) is 0. The molecule has 0 aliphatic carbocycles. The maximum absolute atomic E-state index is 10.6. The minimum atomic E-state index is -0.714. The predicted octanol–water partition coefficient (Wildman–Crippen LogP) is 1.94. The highest BCUT2D eigenvalue weighted by Crippen LogP contribution is 2.24. The van der Waals surface area contributed by atoms with E-state index < -0.39 is 11.0 Å². The molecule has 0 aliphatic rings. The average Bonchev–Trinajstić information content (AvgIpc) is 2.28. The van der Waals surface area contributed by atoms with Gasteiger partial charge in [-0.2, -0.15) is 5.10 Å². The number of benzene rings is 1. The molecular weight excluding hydrogens is 250 g/mol. The van der Waals surface area contributed by atoms with Crippen molar-refractivity contribution in [3.05, 3.63) is 38.9 Å². The summed E-state index contributed by atoms with van der Waals surface area (Å²) in [4.78, 5) is 20.6. The first kappa shape index (κ1) is 12.9. The summed E-state index contributed by atoms with van der Waals surface area (Å²) in [6.07, 6.45) is 0.571. The fraction of sp³-hybridized carbons (Fsp3) is 0.111. The van der Waals surface area contributed by atoms with Crippen LogP contribution in [0.4, 0.5) is 10.5 Å². The van der Waals surface area contributed by atoms with E-state index in [2.05, 4.69) is 15.3 Å². The lowest BCUT2D eigenvalue weighted by Crippen LogP contribution is -2.16. The van der Waals surface area contributed by atoms with Crippen LogP contribution in [-0.4, -0.2) is 24.3 Å². The molecule has 0 fully saturated rings. The van der Waals surface area contributed by atoms with Crippen molar-refractivity contribution >= 4 is 29.6 Å². The van der Waals surface area contributed by atoms with E-state index in [4.69, 9.17) is 11.6 Å². The zero-order valence-corrected chi connectivity index (χ0v) is 9.47. The van der Waals surface area contributed by atoms with Gasteiger partial charge in [0.2, 0.25) is 0 Å². The maximum atomic E-state index is 10.6. The van der Waals surface area contributed by atoms with Crippen molar-refractivity contribution in [2.45, 2.75) is 0 Å². The van der Waals surface area contributed by atoms with Crippen LogP contribution in [0.25, 0.3) is 0 Å². The molecule has 8 heteroatoms. The van der Waals surface area contributed by atoms with Crippen LogP contribution < -0.4 is 5.43 Å². The SMILES string of the molecule is COC(=O)N/N=C/c1ccc([N+](=O)[O-])c(Cl)c1.